The van der Waals surface area contributed by atoms with Crippen LogP contribution in [0.15, 0.2) is 72.4 Å². The number of alkyl halides is 3. The van der Waals surface area contributed by atoms with Crippen LogP contribution in [-0.2, 0) is 6.18 Å². The number of anilines is 2. The van der Waals surface area contributed by atoms with E-state index in [2.05, 4.69) is 15.4 Å². The number of urea groups is 1. The third-order valence-corrected chi connectivity index (χ3v) is 5.23. The van der Waals surface area contributed by atoms with Crippen LogP contribution in [0.5, 0.6) is 5.75 Å². The normalized spacial score (nSPS) is 14.8. The lowest BCUT2D eigenvalue weighted by atomic mass is 10.2. The molecule has 0 aliphatic carbocycles. The highest BCUT2D eigenvalue weighted by molar-refractivity contribution is 7.95. The summed E-state index contributed by atoms with van der Waals surface area (Å²) in [5.41, 5.74) is 0.356. The Kier molecular flexibility index (Phi) is 5.74. The van der Waals surface area contributed by atoms with Gasteiger partial charge in [0, 0.05) is 24.2 Å². The molecular weight excluding hydrogens is 448 g/mol. The maximum Gasteiger partial charge on any atom is 0.416 e. The summed E-state index contributed by atoms with van der Waals surface area (Å²) in [6, 6.07) is 5.75. The minimum Gasteiger partial charge on any atom is -0.457 e. The van der Waals surface area contributed by atoms with Crippen molar-refractivity contribution in [2.24, 2.45) is 0 Å². The van der Waals surface area contributed by atoms with Crippen LogP contribution in [0.4, 0.5) is 33.7 Å². The Morgan fingerprint density at radius 3 is 2.72 bits per heavy atom. The van der Waals surface area contributed by atoms with Crippen molar-refractivity contribution in [3.63, 3.8) is 0 Å². The summed E-state index contributed by atoms with van der Waals surface area (Å²) >= 11 is 1.43. The molecule has 2 aliphatic heterocycles. The molecule has 166 valence electrons. The molecule has 2 aromatic rings. The van der Waals surface area contributed by atoms with E-state index in [-0.39, 0.29) is 0 Å². The first-order chi connectivity index (χ1) is 15.2. The SMILES string of the molecule is Cc1cc(NC(=O)Nc2cc(C(F)(F)F)ccc2F)ccc1OC1=CC2=CNSN2C=C1. The number of benzene rings is 2. The number of hydrogen-bond donors (Lipinski definition) is 3. The standard InChI is InChI=1S/C21H16F4N4O2S/c1-12-8-14(3-5-19(12)31-16-6-7-29-15(10-16)11-26-32-29)27-20(30)28-18-9-13(21(23,24)25)2-4-17(18)22/h2-11,26H,1H3,(H2,27,28,30). The zero-order valence-electron chi connectivity index (χ0n) is 16.5. The van der Waals surface area contributed by atoms with Gasteiger partial charge in [0.1, 0.15) is 17.3 Å². The lowest BCUT2D eigenvalue weighted by Gasteiger charge is -2.18. The topological polar surface area (TPSA) is 65.6 Å². The average Bonchev–Trinajstić information content (AvgIpc) is 3.19. The molecular formula is C21H16F4N4O2S. The molecule has 0 fully saturated rings. The summed E-state index contributed by atoms with van der Waals surface area (Å²) in [6.07, 6.45) is 2.70. The number of nitrogens with one attached hydrogen (secondary N) is 3. The van der Waals surface area contributed by atoms with Gasteiger partial charge >= 0.3 is 12.2 Å². The number of allylic oxidation sites excluding steroid dienone is 2. The lowest BCUT2D eigenvalue weighted by Crippen LogP contribution is -2.20. The maximum absolute atomic E-state index is 13.8. The molecule has 4 rings (SSSR count). The van der Waals surface area contributed by atoms with Gasteiger partial charge in [0.25, 0.3) is 0 Å². The van der Waals surface area contributed by atoms with Gasteiger partial charge in [-0.2, -0.15) is 13.2 Å². The molecule has 0 spiro atoms. The number of rotatable bonds is 4. The van der Waals surface area contributed by atoms with Gasteiger partial charge in [0.15, 0.2) is 0 Å². The highest BCUT2D eigenvalue weighted by atomic mass is 32.2. The number of fused-ring (bicyclic) bond motifs is 1. The fraction of sp³-hybridized carbons (Fsp3) is 0.0952. The first kappa shape index (κ1) is 21.6. The molecule has 6 nitrogen and oxygen atoms in total. The summed E-state index contributed by atoms with van der Waals surface area (Å²) in [6.45, 7) is 1.77. The van der Waals surface area contributed by atoms with Crippen molar-refractivity contribution >= 4 is 29.5 Å². The van der Waals surface area contributed by atoms with Gasteiger partial charge in [0.05, 0.1) is 29.1 Å². The van der Waals surface area contributed by atoms with Crippen LogP contribution in [0, 0.1) is 12.7 Å². The largest absolute Gasteiger partial charge is 0.457 e. The first-order valence-electron chi connectivity index (χ1n) is 9.24. The molecule has 3 N–H and O–H groups in total. The van der Waals surface area contributed by atoms with E-state index in [0.717, 1.165) is 5.70 Å². The van der Waals surface area contributed by atoms with Crippen LogP contribution < -0.4 is 20.1 Å². The monoisotopic (exact) mass is 464 g/mol. The van der Waals surface area contributed by atoms with Crippen LogP contribution in [0.1, 0.15) is 11.1 Å². The molecule has 0 unspecified atom stereocenters. The fourth-order valence-electron chi connectivity index (χ4n) is 2.93. The Morgan fingerprint density at radius 2 is 1.97 bits per heavy atom. The van der Waals surface area contributed by atoms with Crippen molar-refractivity contribution < 1.29 is 27.1 Å². The van der Waals surface area contributed by atoms with E-state index in [4.69, 9.17) is 4.74 Å². The van der Waals surface area contributed by atoms with E-state index in [0.29, 0.717) is 41.0 Å². The summed E-state index contributed by atoms with van der Waals surface area (Å²) < 4.78 is 63.1. The van der Waals surface area contributed by atoms with Gasteiger partial charge in [-0.3, -0.25) is 4.31 Å². The van der Waals surface area contributed by atoms with E-state index in [1.165, 1.54) is 12.1 Å². The van der Waals surface area contributed by atoms with Crippen LogP contribution in [0.3, 0.4) is 0 Å². The predicted molar refractivity (Wildman–Crippen MR) is 114 cm³/mol. The molecule has 32 heavy (non-hydrogen) atoms. The number of halogens is 4. The number of hydrogen-bond acceptors (Lipinski definition) is 5. The number of carbonyl (C=O) groups excluding carboxylic acids is 1. The molecule has 0 atom stereocenters. The molecule has 0 bridgehead atoms. The molecule has 0 aromatic heterocycles. The predicted octanol–water partition coefficient (Wildman–Crippen LogP) is 5.90. The Balaban J connectivity index is 1.42. The van der Waals surface area contributed by atoms with Crippen molar-refractivity contribution in [3.8, 4) is 5.75 Å². The first-order valence-corrected chi connectivity index (χ1v) is 10.0. The van der Waals surface area contributed by atoms with E-state index in [1.807, 2.05) is 22.8 Å². The van der Waals surface area contributed by atoms with Crippen LogP contribution >= 0.6 is 12.1 Å². The van der Waals surface area contributed by atoms with Crippen molar-refractivity contribution in [1.82, 2.24) is 9.03 Å². The van der Waals surface area contributed by atoms with Gasteiger partial charge < -0.3 is 20.1 Å². The Labute approximate surface area is 184 Å². The number of ether oxygens (including phenoxy) is 1. The highest BCUT2D eigenvalue weighted by Gasteiger charge is 2.31. The van der Waals surface area contributed by atoms with E-state index in [1.54, 1.807) is 31.2 Å². The van der Waals surface area contributed by atoms with Crippen molar-refractivity contribution in [2.75, 3.05) is 10.6 Å². The Morgan fingerprint density at radius 1 is 1.16 bits per heavy atom. The molecule has 2 heterocycles. The van der Waals surface area contributed by atoms with Crippen LogP contribution in [0.2, 0.25) is 0 Å². The highest BCUT2D eigenvalue weighted by Crippen LogP contribution is 2.32. The lowest BCUT2D eigenvalue weighted by molar-refractivity contribution is -0.137. The molecule has 2 aromatic carbocycles. The van der Waals surface area contributed by atoms with Crippen LogP contribution in [-0.4, -0.2) is 10.3 Å². The van der Waals surface area contributed by atoms with Gasteiger partial charge in [-0.05, 0) is 55.0 Å². The fourth-order valence-corrected chi connectivity index (χ4v) is 3.55. The number of amides is 2. The van der Waals surface area contributed by atoms with E-state index >= 15 is 0 Å². The molecule has 0 saturated heterocycles. The van der Waals surface area contributed by atoms with E-state index in [9.17, 15) is 22.4 Å². The average molecular weight is 464 g/mol. The summed E-state index contributed by atoms with van der Waals surface area (Å²) in [5.74, 6) is 0.202. The quantitative estimate of drug-likeness (QED) is 0.389. The molecule has 11 heteroatoms. The summed E-state index contributed by atoms with van der Waals surface area (Å²) in [4.78, 5) is 12.2. The minimum atomic E-state index is -4.65. The minimum absolute atomic E-state index is 0.359. The van der Waals surface area contributed by atoms with Crippen molar-refractivity contribution in [1.29, 1.82) is 0 Å². The number of aryl methyl sites for hydroxylation is 1. The van der Waals surface area contributed by atoms with Gasteiger partial charge in [0.2, 0.25) is 0 Å². The smallest absolute Gasteiger partial charge is 0.416 e. The Bertz CT molecular complexity index is 1160. The molecule has 0 radical (unpaired) electrons. The summed E-state index contributed by atoms with van der Waals surface area (Å²) in [7, 11) is 0. The van der Waals surface area contributed by atoms with Crippen molar-refractivity contribution in [3.05, 3.63) is 89.4 Å². The van der Waals surface area contributed by atoms with Gasteiger partial charge in [-0.1, -0.05) is 0 Å². The zero-order valence-corrected chi connectivity index (χ0v) is 17.3. The summed E-state index contributed by atoms with van der Waals surface area (Å²) in [5, 5.41) is 4.57. The molecule has 2 amide bonds. The second-order valence-corrected chi connectivity index (χ2v) is 7.63. The molecule has 2 aliphatic rings. The third-order valence-electron chi connectivity index (χ3n) is 4.48. The second kappa shape index (κ2) is 8.50. The van der Waals surface area contributed by atoms with Gasteiger partial charge in [-0.25, -0.2) is 9.18 Å². The second-order valence-electron chi connectivity index (χ2n) is 6.82. The van der Waals surface area contributed by atoms with Crippen LogP contribution in [0.25, 0.3) is 0 Å². The third kappa shape index (κ3) is 4.83. The maximum atomic E-state index is 13.8. The number of carbonyl (C=O) groups is 1. The molecule has 0 saturated carbocycles. The Hall–Kier alpha value is -3.60. The van der Waals surface area contributed by atoms with Gasteiger partial charge in [-0.15, -0.1) is 0 Å². The van der Waals surface area contributed by atoms with E-state index < -0.39 is 29.3 Å². The number of nitrogens with zero attached hydrogens (tertiary/aromatic N) is 1. The van der Waals surface area contributed by atoms with Crippen molar-refractivity contribution in [2.45, 2.75) is 13.1 Å². The zero-order chi connectivity index (χ0) is 22.9.